The first kappa shape index (κ1) is 20.7. The molecule has 0 bridgehead atoms. The Balaban J connectivity index is 2.39. The van der Waals surface area contributed by atoms with Crippen LogP contribution in [0.4, 0.5) is 11.4 Å². The fraction of sp³-hybridized carbons (Fsp3) is 0.250. The van der Waals surface area contributed by atoms with Crippen molar-refractivity contribution < 1.29 is 13.7 Å². The number of nitrogen functional groups attached to an aromatic ring is 1. The zero-order valence-corrected chi connectivity index (χ0v) is 16.7. The maximum absolute atomic E-state index is 12.6. The number of anilines is 1. The topological polar surface area (TPSA) is 115 Å². The van der Waals surface area contributed by atoms with Gasteiger partial charge in [-0.1, -0.05) is 39.0 Å². The van der Waals surface area contributed by atoms with Crippen molar-refractivity contribution in [3.63, 3.8) is 0 Å². The van der Waals surface area contributed by atoms with E-state index in [0.29, 0.717) is 5.69 Å². The van der Waals surface area contributed by atoms with Gasteiger partial charge in [-0.25, -0.2) is 0 Å². The summed E-state index contributed by atoms with van der Waals surface area (Å²) in [4.78, 5) is 0.0796. The van der Waals surface area contributed by atoms with Gasteiger partial charge in [0.1, 0.15) is 5.69 Å². The summed E-state index contributed by atoms with van der Waals surface area (Å²) in [7, 11) is -3.87. The second kappa shape index (κ2) is 8.37. The molecule has 2 aromatic carbocycles. The average molecular weight is 388 g/mol. The van der Waals surface area contributed by atoms with Gasteiger partial charge in [-0.05, 0) is 42.2 Å². The molecule has 0 fully saturated rings. The smallest absolute Gasteiger partial charge is 0.287 e. The Bertz CT molecular complexity index is 941. The molecule has 2 aromatic rings. The molecular weight excluding hydrogens is 360 g/mol. The van der Waals surface area contributed by atoms with Crippen molar-refractivity contribution in [1.82, 2.24) is 0 Å². The largest absolute Gasteiger partial charge is 0.404 e. The van der Waals surface area contributed by atoms with Crippen LogP contribution in [0.2, 0.25) is 0 Å². The van der Waals surface area contributed by atoms with Gasteiger partial charge >= 0.3 is 0 Å². The molecule has 0 aliphatic rings. The Morgan fingerprint density at radius 2 is 1.74 bits per heavy atom. The fourth-order valence-electron chi connectivity index (χ4n) is 2.60. The van der Waals surface area contributed by atoms with Crippen molar-refractivity contribution in [3.05, 3.63) is 66.4 Å². The van der Waals surface area contributed by atoms with Crippen molar-refractivity contribution in [2.45, 2.75) is 32.1 Å². The fourth-order valence-corrected chi connectivity index (χ4v) is 3.58. The van der Waals surface area contributed by atoms with Gasteiger partial charge in [-0.2, -0.15) is 8.42 Å². The summed E-state index contributed by atoms with van der Waals surface area (Å²) in [6.07, 6.45) is 3.60. The van der Waals surface area contributed by atoms with Crippen LogP contribution in [0.3, 0.4) is 0 Å². The zero-order valence-electron chi connectivity index (χ0n) is 15.9. The molecule has 2 rings (SSSR count). The van der Waals surface area contributed by atoms with Crippen molar-refractivity contribution in [1.29, 1.82) is 0 Å². The van der Waals surface area contributed by atoms with E-state index in [4.69, 9.17) is 11.5 Å². The Morgan fingerprint density at radius 3 is 2.33 bits per heavy atom. The number of nitrogens with two attached hydrogens (primary N) is 3. The van der Waals surface area contributed by atoms with E-state index in [0.717, 1.165) is 17.7 Å². The predicted octanol–water partition coefficient (Wildman–Crippen LogP) is 2.31. The first-order chi connectivity index (χ1) is 12.6. The molecule has 0 saturated carbocycles. The molecule has 6 nitrogen and oxygen atoms in total. The van der Waals surface area contributed by atoms with E-state index in [-0.39, 0.29) is 16.1 Å². The van der Waals surface area contributed by atoms with E-state index in [9.17, 15) is 8.42 Å². The molecule has 0 aromatic heterocycles. The maximum Gasteiger partial charge on any atom is 0.287 e. The molecule has 0 atom stereocenters. The van der Waals surface area contributed by atoms with Gasteiger partial charge in [0.25, 0.3) is 10.0 Å². The van der Waals surface area contributed by atoms with Gasteiger partial charge in [0.05, 0.1) is 4.90 Å². The number of hydrogen-bond acceptors (Lipinski definition) is 4. The van der Waals surface area contributed by atoms with Crippen LogP contribution in [-0.2, 0) is 16.4 Å². The van der Waals surface area contributed by atoms with Crippen LogP contribution < -0.4 is 16.8 Å². The van der Waals surface area contributed by atoms with Gasteiger partial charge in [0, 0.05) is 23.5 Å². The molecule has 0 spiro atoms. The SMILES string of the molecule is CC(C)(C)Cc1ccccc1[NH2+]C(/C=C\N)=N/S(=O)(=O)c1ccc(N)cc1. The van der Waals surface area contributed by atoms with E-state index < -0.39 is 10.0 Å². The van der Waals surface area contributed by atoms with Gasteiger partial charge in [0.2, 0.25) is 5.84 Å². The number of benzene rings is 2. The van der Waals surface area contributed by atoms with E-state index in [1.54, 1.807) is 5.32 Å². The van der Waals surface area contributed by atoms with Gasteiger partial charge < -0.3 is 11.5 Å². The van der Waals surface area contributed by atoms with E-state index in [2.05, 4.69) is 25.2 Å². The minimum atomic E-state index is -3.87. The van der Waals surface area contributed by atoms with E-state index in [1.807, 2.05) is 24.3 Å². The Labute approximate surface area is 161 Å². The highest BCUT2D eigenvalue weighted by molar-refractivity contribution is 7.90. The number of sulfonamides is 1. The molecule has 6 N–H and O–H groups in total. The standard InChI is InChI=1S/C20H26N4O2S/c1-20(2,3)14-15-6-4-5-7-18(15)23-19(12-13-21)24-27(25,26)17-10-8-16(22)9-11-17/h4-13H,14,21-22H2,1-3H3,(H,23,24)/p+1/b13-12-. The molecule has 0 aliphatic carbocycles. The van der Waals surface area contributed by atoms with Crippen molar-refractivity contribution in [2.75, 3.05) is 5.73 Å². The number of para-hydroxylation sites is 1. The van der Waals surface area contributed by atoms with E-state index in [1.165, 1.54) is 36.5 Å². The second-order valence-corrected chi connectivity index (χ2v) is 9.10. The molecule has 0 aliphatic heterocycles. The second-order valence-electron chi connectivity index (χ2n) is 7.50. The molecular formula is C20H27N4O2S+. The summed E-state index contributed by atoms with van der Waals surface area (Å²) < 4.78 is 29.2. The monoisotopic (exact) mass is 387 g/mol. The van der Waals surface area contributed by atoms with Crippen LogP contribution in [-0.4, -0.2) is 14.3 Å². The summed E-state index contributed by atoms with van der Waals surface area (Å²) in [5, 5.41) is 1.74. The van der Waals surface area contributed by atoms with Crippen LogP contribution in [0, 0.1) is 5.41 Å². The predicted molar refractivity (Wildman–Crippen MR) is 110 cm³/mol. The highest BCUT2D eigenvalue weighted by Gasteiger charge is 2.19. The van der Waals surface area contributed by atoms with Crippen molar-refractivity contribution in [2.24, 2.45) is 15.5 Å². The van der Waals surface area contributed by atoms with Crippen LogP contribution >= 0.6 is 0 Å². The lowest BCUT2D eigenvalue weighted by molar-refractivity contribution is -0.442. The molecule has 0 amide bonds. The first-order valence-electron chi connectivity index (χ1n) is 8.62. The molecule has 0 heterocycles. The van der Waals surface area contributed by atoms with Crippen LogP contribution in [0.15, 0.2) is 70.1 Å². The van der Waals surface area contributed by atoms with Gasteiger partial charge in [-0.15, -0.1) is 4.40 Å². The molecule has 0 radical (unpaired) electrons. The van der Waals surface area contributed by atoms with Gasteiger partial charge in [0.15, 0.2) is 0 Å². The molecule has 7 heteroatoms. The zero-order chi connectivity index (χ0) is 20.1. The maximum atomic E-state index is 12.6. The molecule has 0 unspecified atom stereocenters. The summed E-state index contributed by atoms with van der Waals surface area (Å²) in [5.41, 5.74) is 13.8. The van der Waals surface area contributed by atoms with Crippen molar-refractivity contribution in [3.8, 4) is 0 Å². The number of hydrogen-bond donors (Lipinski definition) is 3. The third-order valence-corrected chi connectivity index (χ3v) is 5.07. The van der Waals surface area contributed by atoms with Crippen LogP contribution in [0.1, 0.15) is 26.3 Å². The number of quaternary nitrogens is 1. The minimum Gasteiger partial charge on any atom is -0.404 e. The third-order valence-electron chi connectivity index (χ3n) is 3.75. The Morgan fingerprint density at radius 1 is 1.11 bits per heavy atom. The molecule has 144 valence electrons. The van der Waals surface area contributed by atoms with Crippen LogP contribution in [0.25, 0.3) is 0 Å². The summed E-state index contributed by atoms with van der Waals surface area (Å²) in [6.45, 7) is 6.47. The highest BCUT2D eigenvalue weighted by Crippen LogP contribution is 2.23. The first-order valence-corrected chi connectivity index (χ1v) is 10.1. The average Bonchev–Trinajstić information content (AvgIpc) is 2.55. The summed E-state index contributed by atoms with van der Waals surface area (Å²) >= 11 is 0. The Hall–Kier alpha value is -2.64. The lowest BCUT2D eigenvalue weighted by Gasteiger charge is -2.19. The summed E-state index contributed by atoms with van der Waals surface area (Å²) in [6, 6.07) is 13.8. The number of rotatable bonds is 5. The number of amidine groups is 1. The minimum absolute atomic E-state index is 0.0796. The lowest BCUT2D eigenvalue weighted by atomic mass is 9.87. The van der Waals surface area contributed by atoms with Crippen molar-refractivity contribution >= 4 is 27.2 Å². The molecule has 27 heavy (non-hydrogen) atoms. The normalized spacial score (nSPS) is 13.2. The Kier molecular flexibility index (Phi) is 6.41. The lowest BCUT2D eigenvalue weighted by Crippen LogP contribution is -2.82. The summed E-state index contributed by atoms with van der Waals surface area (Å²) in [5.74, 6) is 0.260. The number of nitrogens with zero attached hydrogens (tertiary/aromatic N) is 1. The highest BCUT2D eigenvalue weighted by atomic mass is 32.2. The third kappa shape index (κ3) is 6.23. The van der Waals surface area contributed by atoms with E-state index >= 15 is 0 Å². The van der Waals surface area contributed by atoms with Crippen LogP contribution in [0.5, 0.6) is 0 Å². The van der Waals surface area contributed by atoms with Gasteiger partial charge in [-0.3, -0.25) is 5.32 Å². The molecule has 0 saturated heterocycles. The quantitative estimate of drug-likeness (QED) is 0.415.